The van der Waals surface area contributed by atoms with Gasteiger partial charge in [-0.25, -0.2) is 0 Å². The van der Waals surface area contributed by atoms with Crippen molar-refractivity contribution in [2.24, 2.45) is 0 Å². The maximum absolute atomic E-state index is 8.86. The van der Waals surface area contributed by atoms with Crippen LogP contribution in [0.3, 0.4) is 0 Å². The van der Waals surface area contributed by atoms with Crippen LogP contribution in [0.5, 0.6) is 0 Å². The molecule has 0 radical (unpaired) electrons. The van der Waals surface area contributed by atoms with E-state index in [0.29, 0.717) is 0 Å². The molecule has 68 valence electrons. The van der Waals surface area contributed by atoms with Crippen LogP contribution in [0.15, 0.2) is 35.7 Å². The highest BCUT2D eigenvalue weighted by Gasteiger charge is 2.04. The first kappa shape index (κ1) is 8.79. The van der Waals surface area contributed by atoms with Gasteiger partial charge in [-0.15, -0.1) is 11.3 Å². The molecule has 0 saturated carbocycles. The van der Waals surface area contributed by atoms with Crippen molar-refractivity contribution in [2.75, 3.05) is 5.73 Å². The zero-order valence-corrected chi connectivity index (χ0v) is 8.21. The molecule has 2 nitrogen and oxygen atoms in total. The molecule has 1 heterocycles. The Bertz CT molecular complexity index is 477. The van der Waals surface area contributed by atoms with Crippen molar-refractivity contribution in [3.8, 4) is 17.2 Å². The molecule has 14 heavy (non-hydrogen) atoms. The van der Waals surface area contributed by atoms with E-state index in [4.69, 9.17) is 11.0 Å². The molecule has 0 amide bonds. The molecule has 0 aliphatic carbocycles. The SMILES string of the molecule is N#Cc1sccc1-c1ccc(N)cc1. The molecule has 3 heteroatoms. The molecule has 0 aliphatic heterocycles. The Morgan fingerprint density at radius 2 is 1.86 bits per heavy atom. The van der Waals surface area contributed by atoms with Crippen molar-refractivity contribution < 1.29 is 0 Å². The van der Waals surface area contributed by atoms with Crippen LogP contribution >= 0.6 is 11.3 Å². The summed E-state index contributed by atoms with van der Waals surface area (Å²) in [5.74, 6) is 0. The Balaban J connectivity index is 2.50. The van der Waals surface area contributed by atoms with Crippen molar-refractivity contribution in [3.05, 3.63) is 40.6 Å². The molecule has 2 N–H and O–H groups in total. The number of rotatable bonds is 1. The van der Waals surface area contributed by atoms with Gasteiger partial charge in [-0.1, -0.05) is 12.1 Å². The fourth-order valence-corrected chi connectivity index (χ4v) is 1.99. The van der Waals surface area contributed by atoms with Gasteiger partial charge >= 0.3 is 0 Å². The summed E-state index contributed by atoms with van der Waals surface area (Å²) in [6, 6.07) is 11.7. The topological polar surface area (TPSA) is 49.8 Å². The third-order valence-electron chi connectivity index (χ3n) is 1.99. The first-order chi connectivity index (χ1) is 6.81. The lowest BCUT2D eigenvalue weighted by Gasteiger charge is -1.99. The van der Waals surface area contributed by atoms with E-state index in [0.717, 1.165) is 21.7 Å². The third-order valence-corrected chi connectivity index (χ3v) is 2.81. The Morgan fingerprint density at radius 1 is 1.14 bits per heavy atom. The molecule has 0 saturated heterocycles. The van der Waals surface area contributed by atoms with Gasteiger partial charge in [0.25, 0.3) is 0 Å². The summed E-state index contributed by atoms with van der Waals surface area (Å²) in [5.41, 5.74) is 8.35. The molecule has 0 aliphatic rings. The van der Waals surface area contributed by atoms with E-state index in [1.165, 1.54) is 11.3 Å². The molecule has 0 atom stereocenters. The Kier molecular flexibility index (Phi) is 2.21. The molecule has 0 spiro atoms. The number of nitriles is 1. The zero-order valence-electron chi connectivity index (χ0n) is 7.40. The molecule has 2 aromatic rings. The minimum Gasteiger partial charge on any atom is -0.399 e. The predicted molar refractivity (Wildman–Crippen MR) is 58.9 cm³/mol. The van der Waals surface area contributed by atoms with Crippen LogP contribution in [0.2, 0.25) is 0 Å². The number of nitrogen functional groups attached to an aromatic ring is 1. The van der Waals surface area contributed by atoms with Crippen molar-refractivity contribution in [1.82, 2.24) is 0 Å². The number of hydrogen-bond acceptors (Lipinski definition) is 3. The largest absolute Gasteiger partial charge is 0.399 e. The Labute approximate surface area is 86.2 Å². The second kappa shape index (κ2) is 3.52. The van der Waals surface area contributed by atoms with Crippen LogP contribution < -0.4 is 5.73 Å². The number of benzene rings is 1. The lowest BCUT2D eigenvalue weighted by Crippen LogP contribution is -1.83. The molecule has 0 bridgehead atoms. The van der Waals surface area contributed by atoms with Gasteiger partial charge in [0.05, 0.1) is 0 Å². The monoisotopic (exact) mass is 200 g/mol. The van der Waals surface area contributed by atoms with Gasteiger partial charge in [-0.3, -0.25) is 0 Å². The lowest BCUT2D eigenvalue weighted by atomic mass is 10.1. The zero-order chi connectivity index (χ0) is 9.97. The Hall–Kier alpha value is -1.79. The average Bonchev–Trinajstić information content (AvgIpc) is 2.67. The minimum atomic E-state index is 0.738. The van der Waals surface area contributed by atoms with E-state index in [1.807, 2.05) is 35.7 Å². The quantitative estimate of drug-likeness (QED) is 0.719. The van der Waals surface area contributed by atoms with Crippen molar-refractivity contribution in [1.29, 1.82) is 5.26 Å². The predicted octanol–water partition coefficient (Wildman–Crippen LogP) is 2.87. The van der Waals surface area contributed by atoms with E-state index < -0.39 is 0 Å². The number of hydrogen-bond donors (Lipinski definition) is 1. The summed E-state index contributed by atoms with van der Waals surface area (Å²) in [4.78, 5) is 0.745. The highest BCUT2D eigenvalue weighted by Crippen LogP contribution is 2.27. The van der Waals surface area contributed by atoms with Gasteiger partial charge in [0.1, 0.15) is 10.9 Å². The first-order valence-corrected chi connectivity index (χ1v) is 5.03. The molecular formula is C11H8N2S. The van der Waals surface area contributed by atoms with Crippen LogP contribution in [0.25, 0.3) is 11.1 Å². The van der Waals surface area contributed by atoms with E-state index >= 15 is 0 Å². The van der Waals surface area contributed by atoms with Crippen LogP contribution in [0.4, 0.5) is 5.69 Å². The molecule has 0 unspecified atom stereocenters. The van der Waals surface area contributed by atoms with Gasteiger partial charge in [0.15, 0.2) is 0 Å². The van der Waals surface area contributed by atoms with Gasteiger partial charge in [0.2, 0.25) is 0 Å². The maximum atomic E-state index is 8.86. The third kappa shape index (κ3) is 1.48. The first-order valence-electron chi connectivity index (χ1n) is 4.15. The average molecular weight is 200 g/mol. The van der Waals surface area contributed by atoms with E-state index in [1.54, 1.807) is 0 Å². The minimum absolute atomic E-state index is 0.738. The second-order valence-corrected chi connectivity index (χ2v) is 3.81. The van der Waals surface area contributed by atoms with Crippen LogP contribution in [0.1, 0.15) is 4.88 Å². The van der Waals surface area contributed by atoms with E-state index in [9.17, 15) is 0 Å². The summed E-state index contributed by atoms with van der Waals surface area (Å²) in [7, 11) is 0. The summed E-state index contributed by atoms with van der Waals surface area (Å²) in [6.07, 6.45) is 0. The molecular weight excluding hydrogens is 192 g/mol. The van der Waals surface area contributed by atoms with E-state index in [-0.39, 0.29) is 0 Å². The highest BCUT2D eigenvalue weighted by molar-refractivity contribution is 7.11. The lowest BCUT2D eigenvalue weighted by molar-refractivity contribution is 1.52. The molecule has 1 aromatic heterocycles. The summed E-state index contributed by atoms with van der Waals surface area (Å²) in [6.45, 7) is 0. The van der Waals surface area contributed by atoms with Gasteiger partial charge in [0, 0.05) is 11.3 Å². The van der Waals surface area contributed by atoms with Crippen LogP contribution in [-0.4, -0.2) is 0 Å². The van der Waals surface area contributed by atoms with Crippen LogP contribution in [-0.2, 0) is 0 Å². The highest BCUT2D eigenvalue weighted by atomic mass is 32.1. The summed E-state index contributed by atoms with van der Waals surface area (Å²) >= 11 is 1.46. The smallest absolute Gasteiger partial charge is 0.112 e. The summed E-state index contributed by atoms with van der Waals surface area (Å²) in [5, 5.41) is 10.8. The van der Waals surface area contributed by atoms with Crippen LogP contribution in [0, 0.1) is 11.3 Å². The Morgan fingerprint density at radius 3 is 2.50 bits per heavy atom. The van der Waals surface area contributed by atoms with Crippen molar-refractivity contribution >= 4 is 17.0 Å². The number of nitrogens with zero attached hydrogens (tertiary/aromatic N) is 1. The standard InChI is InChI=1S/C11H8N2S/c12-7-11-10(5-6-14-11)8-1-3-9(13)4-2-8/h1-6H,13H2. The molecule has 0 fully saturated rings. The van der Waals surface area contributed by atoms with Gasteiger partial charge < -0.3 is 5.73 Å². The number of thiophene rings is 1. The number of nitrogens with two attached hydrogens (primary N) is 1. The summed E-state index contributed by atoms with van der Waals surface area (Å²) < 4.78 is 0. The van der Waals surface area contributed by atoms with Gasteiger partial charge in [-0.2, -0.15) is 5.26 Å². The molecule has 1 aromatic carbocycles. The van der Waals surface area contributed by atoms with Gasteiger partial charge in [-0.05, 0) is 29.1 Å². The molecule has 2 rings (SSSR count). The maximum Gasteiger partial charge on any atom is 0.112 e. The fraction of sp³-hybridized carbons (Fsp3) is 0. The fourth-order valence-electron chi connectivity index (χ4n) is 1.29. The van der Waals surface area contributed by atoms with E-state index in [2.05, 4.69) is 6.07 Å². The number of anilines is 1. The van der Waals surface area contributed by atoms with Crippen molar-refractivity contribution in [2.45, 2.75) is 0 Å². The normalized spacial score (nSPS) is 9.64. The van der Waals surface area contributed by atoms with Crippen molar-refractivity contribution in [3.63, 3.8) is 0 Å². The second-order valence-electron chi connectivity index (χ2n) is 2.90.